The van der Waals surface area contributed by atoms with Gasteiger partial charge in [0.05, 0.1) is 6.04 Å². The lowest BCUT2D eigenvalue weighted by molar-refractivity contribution is -0.127. The molecule has 1 aliphatic carbocycles. The van der Waals surface area contributed by atoms with Crippen LogP contribution >= 0.6 is 0 Å². The van der Waals surface area contributed by atoms with Crippen molar-refractivity contribution in [3.63, 3.8) is 0 Å². The maximum atomic E-state index is 12.5. The SMILES string of the molecule is O=C1CN(C(=O)c2ccccn2)[C@@H]2CCCC[C@H]2N1. The van der Waals surface area contributed by atoms with Gasteiger partial charge >= 0.3 is 0 Å². The zero-order valence-electron chi connectivity index (χ0n) is 10.7. The standard InChI is InChI=1S/C14H17N3O2/c18-13-9-17(12-7-2-1-5-10(12)16-13)14(19)11-6-3-4-8-15-11/h3-4,6,8,10,12H,1-2,5,7,9H2,(H,16,18)/t10-,12-/m1/s1. The van der Waals surface area contributed by atoms with Crippen LogP contribution in [0.25, 0.3) is 0 Å². The van der Waals surface area contributed by atoms with Crippen LogP contribution in [0.15, 0.2) is 24.4 Å². The Hall–Kier alpha value is -1.91. The van der Waals surface area contributed by atoms with E-state index >= 15 is 0 Å². The molecule has 1 saturated heterocycles. The Balaban J connectivity index is 1.85. The number of hydrogen-bond donors (Lipinski definition) is 1. The van der Waals surface area contributed by atoms with Crippen molar-refractivity contribution in [2.75, 3.05) is 6.54 Å². The summed E-state index contributed by atoms with van der Waals surface area (Å²) in [5.41, 5.74) is 0.418. The molecule has 2 fully saturated rings. The molecule has 2 aliphatic rings. The summed E-state index contributed by atoms with van der Waals surface area (Å²) in [7, 11) is 0. The molecule has 3 rings (SSSR count). The number of hydrogen-bond acceptors (Lipinski definition) is 3. The number of carbonyl (C=O) groups excluding carboxylic acids is 2. The van der Waals surface area contributed by atoms with Crippen LogP contribution in [0.3, 0.4) is 0 Å². The van der Waals surface area contributed by atoms with Crippen LogP contribution < -0.4 is 5.32 Å². The predicted molar refractivity (Wildman–Crippen MR) is 69.5 cm³/mol. The van der Waals surface area contributed by atoms with Gasteiger partial charge in [-0.05, 0) is 25.0 Å². The quantitative estimate of drug-likeness (QED) is 0.817. The van der Waals surface area contributed by atoms with Gasteiger partial charge in [-0.15, -0.1) is 0 Å². The molecule has 5 nitrogen and oxygen atoms in total. The van der Waals surface area contributed by atoms with E-state index in [1.165, 1.54) is 0 Å². The minimum atomic E-state index is -0.132. The molecule has 100 valence electrons. The Kier molecular flexibility index (Phi) is 3.19. The van der Waals surface area contributed by atoms with Crippen LogP contribution in [0.5, 0.6) is 0 Å². The smallest absolute Gasteiger partial charge is 0.273 e. The van der Waals surface area contributed by atoms with Gasteiger partial charge in [-0.3, -0.25) is 14.6 Å². The van der Waals surface area contributed by atoms with Gasteiger partial charge in [-0.2, -0.15) is 0 Å². The lowest BCUT2D eigenvalue weighted by Gasteiger charge is -2.43. The number of amides is 2. The molecule has 1 aliphatic heterocycles. The highest BCUT2D eigenvalue weighted by Gasteiger charge is 2.39. The molecule has 5 heteroatoms. The number of nitrogens with one attached hydrogen (secondary N) is 1. The molecule has 0 bridgehead atoms. The van der Waals surface area contributed by atoms with Crippen molar-refractivity contribution >= 4 is 11.8 Å². The first-order chi connectivity index (χ1) is 9.25. The predicted octanol–water partition coefficient (Wildman–Crippen LogP) is 0.965. The van der Waals surface area contributed by atoms with Gasteiger partial charge < -0.3 is 10.2 Å². The third-order valence-electron chi connectivity index (χ3n) is 3.94. The Morgan fingerprint density at radius 1 is 1.32 bits per heavy atom. The molecule has 2 atom stereocenters. The molecule has 2 amide bonds. The Morgan fingerprint density at radius 2 is 2.16 bits per heavy atom. The van der Waals surface area contributed by atoms with Crippen LogP contribution in [0.4, 0.5) is 0 Å². The first-order valence-electron chi connectivity index (χ1n) is 6.77. The second-order valence-corrected chi connectivity index (χ2v) is 5.17. The molecule has 0 spiro atoms. The van der Waals surface area contributed by atoms with Crippen molar-refractivity contribution in [3.05, 3.63) is 30.1 Å². The summed E-state index contributed by atoms with van der Waals surface area (Å²) in [6.45, 7) is 0.149. The molecule has 1 N–H and O–H groups in total. The van der Waals surface area contributed by atoms with Gasteiger partial charge in [0.25, 0.3) is 5.91 Å². The first-order valence-corrected chi connectivity index (χ1v) is 6.77. The first kappa shape index (κ1) is 12.1. The van der Waals surface area contributed by atoms with E-state index in [0.717, 1.165) is 25.7 Å². The van der Waals surface area contributed by atoms with E-state index in [0.29, 0.717) is 5.69 Å². The van der Waals surface area contributed by atoms with Gasteiger partial charge in [0.2, 0.25) is 5.91 Å². The molecule has 0 aromatic carbocycles. The highest BCUT2D eigenvalue weighted by atomic mass is 16.2. The van der Waals surface area contributed by atoms with Gasteiger partial charge in [-0.25, -0.2) is 0 Å². The molecule has 1 saturated carbocycles. The lowest BCUT2D eigenvalue weighted by Crippen LogP contribution is -2.63. The van der Waals surface area contributed by atoms with Crippen molar-refractivity contribution < 1.29 is 9.59 Å². The molecule has 0 radical (unpaired) electrons. The van der Waals surface area contributed by atoms with Crippen molar-refractivity contribution in [1.82, 2.24) is 15.2 Å². The summed E-state index contributed by atoms with van der Waals surface area (Å²) in [4.78, 5) is 30.0. The fourth-order valence-electron chi connectivity index (χ4n) is 3.04. The minimum absolute atomic E-state index is 0.0626. The molecular formula is C14H17N3O2. The summed E-state index contributed by atoms with van der Waals surface area (Å²) in [6.07, 6.45) is 5.76. The van der Waals surface area contributed by atoms with E-state index in [-0.39, 0.29) is 30.4 Å². The van der Waals surface area contributed by atoms with Gasteiger partial charge in [0.1, 0.15) is 12.2 Å². The third-order valence-corrected chi connectivity index (χ3v) is 3.94. The van der Waals surface area contributed by atoms with E-state index in [4.69, 9.17) is 0 Å². The second kappa shape index (κ2) is 4.99. The zero-order chi connectivity index (χ0) is 13.2. The Morgan fingerprint density at radius 3 is 2.95 bits per heavy atom. The van der Waals surface area contributed by atoms with E-state index in [9.17, 15) is 9.59 Å². The average molecular weight is 259 g/mol. The van der Waals surface area contributed by atoms with Crippen molar-refractivity contribution in [3.8, 4) is 0 Å². The maximum absolute atomic E-state index is 12.5. The zero-order valence-corrected chi connectivity index (χ0v) is 10.7. The molecule has 2 heterocycles. The number of pyridine rings is 1. The van der Waals surface area contributed by atoms with Crippen LogP contribution in [-0.2, 0) is 4.79 Å². The molecule has 19 heavy (non-hydrogen) atoms. The molecule has 1 aromatic heterocycles. The van der Waals surface area contributed by atoms with E-state index in [1.54, 1.807) is 29.3 Å². The van der Waals surface area contributed by atoms with E-state index in [1.807, 2.05) is 0 Å². The number of piperazine rings is 1. The fourth-order valence-corrected chi connectivity index (χ4v) is 3.04. The monoisotopic (exact) mass is 259 g/mol. The highest BCUT2D eigenvalue weighted by Crippen LogP contribution is 2.26. The summed E-state index contributed by atoms with van der Waals surface area (Å²) >= 11 is 0. The number of fused-ring (bicyclic) bond motifs is 1. The van der Waals surface area contributed by atoms with E-state index < -0.39 is 0 Å². The average Bonchev–Trinajstić information content (AvgIpc) is 2.46. The molecule has 1 aromatic rings. The normalized spacial score (nSPS) is 26.5. The Bertz CT molecular complexity index is 489. The third kappa shape index (κ3) is 2.32. The van der Waals surface area contributed by atoms with E-state index in [2.05, 4.69) is 10.3 Å². The minimum Gasteiger partial charge on any atom is -0.350 e. The van der Waals surface area contributed by atoms with Gasteiger partial charge in [0.15, 0.2) is 0 Å². The summed E-state index contributed by atoms with van der Waals surface area (Å²) in [5, 5.41) is 3.00. The molecule has 0 unspecified atom stereocenters. The van der Waals surface area contributed by atoms with Crippen LogP contribution in [0.2, 0.25) is 0 Å². The van der Waals surface area contributed by atoms with Crippen LogP contribution in [0.1, 0.15) is 36.2 Å². The van der Waals surface area contributed by atoms with Crippen molar-refractivity contribution in [1.29, 1.82) is 0 Å². The summed E-state index contributed by atoms with van der Waals surface area (Å²) in [6, 6.07) is 5.52. The van der Waals surface area contributed by atoms with Crippen molar-refractivity contribution in [2.45, 2.75) is 37.8 Å². The second-order valence-electron chi connectivity index (χ2n) is 5.17. The summed E-state index contributed by atoms with van der Waals surface area (Å²) in [5.74, 6) is -0.195. The largest absolute Gasteiger partial charge is 0.350 e. The number of aromatic nitrogens is 1. The molecular weight excluding hydrogens is 242 g/mol. The lowest BCUT2D eigenvalue weighted by atomic mass is 9.87. The number of carbonyl (C=O) groups is 2. The maximum Gasteiger partial charge on any atom is 0.273 e. The van der Waals surface area contributed by atoms with Gasteiger partial charge in [0, 0.05) is 12.2 Å². The topological polar surface area (TPSA) is 62.3 Å². The fraction of sp³-hybridized carbons (Fsp3) is 0.500. The van der Waals surface area contributed by atoms with Gasteiger partial charge in [-0.1, -0.05) is 18.9 Å². The Labute approximate surface area is 112 Å². The summed E-state index contributed by atoms with van der Waals surface area (Å²) < 4.78 is 0. The van der Waals surface area contributed by atoms with Crippen molar-refractivity contribution in [2.24, 2.45) is 0 Å². The van der Waals surface area contributed by atoms with Crippen LogP contribution in [-0.4, -0.2) is 40.3 Å². The number of nitrogens with zero attached hydrogens (tertiary/aromatic N) is 2. The van der Waals surface area contributed by atoms with Crippen LogP contribution in [0, 0.1) is 0 Å². The highest BCUT2D eigenvalue weighted by molar-refractivity contribution is 5.96. The number of rotatable bonds is 1.